The van der Waals surface area contributed by atoms with Gasteiger partial charge in [-0.25, -0.2) is 0 Å². The summed E-state index contributed by atoms with van der Waals surface area (Å²) in [5.74, 6) is 0.734. The van der Waals surface area contributed by atoms with Gasteiger partial charge in [-0.05, 0) is 66.8 Å². The summed E-state index contributed by atoms with van der Waals surface area (Å²) in [6.45, 7) is 0.573. The second kappa shape index (κ2) is 9.13. The molecule has 0 aliphatic heterocycles. The fourth-order valence-corrected chi connectivity index (χ4v) is 4.02. The number of rotatable bonds is 8. The molecule has 1 aliphatic carbocycles. The minimum absolute atomic E-state index is 0.0212. The minimum Gasteiger partial charge on any atom is -0.497 e. The molecule has 1 heterocycles. The van der Waals surface area contributed by atoms with Crippen molar-refractivity contribution in [3.8, 4) is 16.2 Å². The largest absolute Gasteiger partial charge is 0.497 e. The number of nitrogens with one attached hydrogen (secondary N) is 2. The molecule has 5 nitrogen and oxygen atoms in total. The number of carbonyl (C=O) groups is 2. The molecule has 6 heteroatoms. The lowest BCUT2D eigenvalue weighted by Gasteiger charge is -2.05. The van der Waals surface area contributed by atoms with Crippen LogP contribution in [0.15, 0.2) is 60.7 Å². The number of carbonyl (C=O) groups excluding carboxylic acids is 2. The van der Waals surface area contributed by atoms with Gasteiger partial charge in [0, 0.05) is 23.0 Å². The first kappa shape index (κ1) is 20.2. The van der Waals surface area contributed by atoms with Crippen LogP contribution in [0.25, 0.3) is 10.4 Å². The average molecular weight is 421 g/mol. The summed E-state index contributed by atoms with van der Waals surface area (Å²) in [4.78, 5) is 26.2. The van der Waals surface area contributed by atoms with Gasteiger partial charge in [-0.2, -0.15) is 0 Å². The summed E-state index contributed by atoms with van der Waals surface area (Å²) in [6, 6.07) is 19.5. The van der Waals surface area contributed by atoms with Gasteiger partial charge in [-0.1, -0.05) is 24.3 Å². The number of hydrogen-bond acceptors (Lipinski definition) is 4. The number of thiophene rings is 1. The second-order valence-corrected chi connectivity index (χ2v) is 8.43. The molecule has 1 aromatic heterocycles. The predicted octanol–water partition coefficient (Wildman–Crippen LogP) is 4.29. The van der Waals surface area contributed by atoms with Gasteiger partial charge < -0.3 is 15.4 Å². The van der Waals surface area contributed by atoms with Crippen molar-refractivity contribution in [2.24, 2.45) is 0 Å². The van der Waals surface area contributed by atoms with Crippen LogP contribution in [0.5, 0.6) is 5.75 Å². The summed E-state index contributed by atoms with van der Waals surface area (Å²) in [5, 5.41) is 5.97. The van der Waals surface area contributed by atoms with Crippen LogP contribution in [0.1, 0.15) is 38.4 Å². The lowest BCUT2D eigenvalue weighted by molar-refractivity contribution is 0.0945. The van der Waals surface area contributed by atoms with E-state index in [9.17, 15) is 9.59 Å². The van der Waals surface area contributed by atoms with Crippen molar-refractivity contribution in [3.05, 3.63) is 76.7 Å². The Kier molecular flexibility index (Phi) is 6.14. The first-order chi connectivity index (χ1) is 14.6. The van der Waals surface area contributed by atoms with Crippen LogP contribution in [-0.2, 0) is 6.42 Å². The number of amides is 2. The SMILES string of the molecule is COc1ccc(CCNC(=O)c2ccc(-c3ccc(C(=O)NC4CC4)cc3)s2)cc1. The smallest absolute Gasteiger partial charge is 0.261 e. The van der Waals surface area contributed by atoms with Gasteiger partial charge in [0.25, 0.3) is 11.8 Å². The molecule has 1 saturated carbocycles. The zero-order chi connectivity index (χ0) is 20.9. The molecule has 0 atom stereocenters. The van der Waals surface area contributed by atoms with Gasteiger partial charge in [-0.3, -0.25) is 9.59 Å². The average Bonchev–Trinajstić information content (AvgIpc) is 3.45. The second-order valence-electron chi connectivity index (χ2n) is 7.34. The molecule has 1 fully saturated rings. The van der Waals surface area contributed by atoms with Gasteiger partial charge in [0.1, 0.15) is 5.75 Å². The van der Waals surface area contributed by atoms with E-state index >= 15 is 0 Å². The third-order valence-corrected chi connectivity index (χ3v) is 6.17. The van der Waals surface area contributed by atoms with Gasteiger partial charge in [0.05, 0.1) is 12.0 Å². The Morgan fingerprint density at radius 2 is 1.70 bits per heavy atom. The van der Waals surface area contributed by atoms with E-state index in [4.69, 9.17) is 4.74 Å². The van der Waals surface area contributed by atoms with E-state index in [1.54, 1.807) is 7.11 Å². The molecule has 2 N–H and O–H groups in total. The Morgan fingerprint density at radius 1 is 0.967 bits per heavy atom. The normalized spacial score (nSPS) is 13.0. The third-order valence-electron chi connectivity index (χ3n) is 5.03. The maximum atomic E-state index is 12.5. The van der Waals surface area contributed by atoms with Crippen LogP contribution >= 0.6 is 11.3 Å². The highest BCUT2D eigenvalue weighted by atomic mass is 32.1. The molecule has 2 aromatic carbocycles. The first-order valence-corrected chi connectivity index (χ1v) is 10.9. The van der Waals surface area contributed by atoms with Gasteiger partial charge >= 0.3 is 0 Å². The number of hydrogen-bond donors (Lipinski definition) is 2. The fourth-order valence-electron chi connectivity index (χ4n) is 3.10. The number of ether oxygens (including phenoxy) is 1. The molecule has 154 valence electrons. The van der Waals surface area contributed by atoms with E-state index in [-0.39, 0.29) is 11.8 Å². The zero-order valence-electron chi connectivity index (χ0n) is 16.8. The van der Waals surface area contributed by atoms with Crippen LogP contribution in [0, 0.1) is 0 Å². The summed E-state index contributed by atoms with van der Waals surface area (Å²) in [7, 11) is 1.64. The first-order valence-electron chi connectivity index (χ1n) is 10.0. The van der Waals surface area contributed by atoms with Gasteiger partial charge in [0.15, 0.2) is 0 Å². The highest BCUT2D eigenvalue weighted by Crippen LogP contribution is 2.28. The van der Waals surface area contributed by atoms with E-state index in [0.717, 1.165) is 41.0 Å². The van der Waals surface area contributed by atoms with E-state index < -0.39 is 0 Å². The van der Waals surface area contributed by atoms with Gasteiger partial charge in [-0.15, -0.1) is 11.3 Å². The molecule has 2 amide bonds. The Bertz CT molecular complexity index is 1020. The van der Waals surface area contributed by atoms with Crippen LogP contribution in [-0.4, -0.2) is 31.5 Å². The monoisotopic (exact) mass is 420 g/mol. The molecule has 3 aromatic rings. The standard InChI is InChI=1S/C24H24N2O3S/c1-29-20-10-2-16(3-11-20)14-15-25-24(28)22-13-12-21(30-22)17-4-6-18(7-5-17)23(27)26-19-8-9-19/h2-7,10-13,19H,8-9,14-15H2,1H3,(H,25,28)(H,26,27). The Balaban J connectivity index is 1.31. The highest BCUT2D eigenvalue weighted by molar-refractivity contribution is 7.17. The van der Waals surface area contributed by atoms with Crippen LogP contribution in [0.4, 0.5) is 0 Å². The predicted molar refractivity (Wildman–Crippen MR) is 119 cm³/mol. The maximum Gasteiger partial charge on any atom is 0.261 e. The molecule has 4 rings (SSSR count). The molecular weight excluding hydrogens is 396 g/mol. The summed E-state index contributed by atoms with van der Waals surface area (Å²) < 4.78 is 5.16. The van der Waals surface area contributed by atoms with Crippen LogP contribution < -0.4 is 15.4 Å². The van der Waals surface area contributed by atoms with E-state index in [1.807, 2.05) is 60.7 Å². The lowest BCUT2D eigenvalue weighted by Crippen LogP contribution is -2.25. The van der Waals surface area contributed by atoms with Crippen molar-refractivity contribution in [3.63, 3.8) is 0 Å². The molecule has 30 heavy (non-hydrogen) atoms. The quantitative estimate of drug-likeness (QED) is 0.571. The molecule has 0 spiro atoms. The van der Waals surface area contributed by atoms with Crippen molar-refractivity contribution < 1.29 is 14.3 Å². The summed E-state index contributed by atoms with van der Waals surface area (Å²) in [5.41, 5.74) is 2.81. The van der Waals surface area contributed by atoms with E-state index in [1.165, 1.54) is 11.3 Å². The topological polar surface area (TPSA) is 67.4 Å². The Labute approximate surface area is 180 Å². The number of methoxy groups -OCH3 is 1. The van der Waals surface area contributed by atoms with E-state index in [2.05, 4.69) is 10.6 Å². The molecule has 0 saturated heterocycles. The van der Waals surface area contributed by atoms with Crippen LogP contribution in [0.2, 0.25) is 0 Å². The summed E-state index contributed by atoms with van der Waals surface area (Å²) >= 11 is 1.45. The Morgan fingerprint density at radius 3 is 2.37 bits per heavy atom. The third kappa shape index (κ3) is 5.07. The van der Waals surface area contributed by atoms with Crippen molar-refractivity contribution in [2.75, 3.05) is 13.7 Å². The molecule has 0 radical (unpaired) electrons. The van der Waals surface area contributed by atoms with Crippen molar-refractivity contribution in [2.45, 2.75) is 25.3 Å². The van der Waals surface area contributed by atoms with Crippen molar-refractivity contribution >= 4 is 23.2 Å². The molecule has 0 bridgehead atoms. The molecular formula is C24H24N2O3S. The minimum atomic E-state index is -0.0693. The van der Waals surface area contributed by atoms with E-state index in [0.29, 0.717) is 23.0 Å². The number of benzene rings is 2. The van der Waals surface area contributed by atoms with Crippen molar-refractivity contribution in [1.29, 1.82) is 0 Å². The zero-order valence-corrected chi connectivity index (χ0v) is 17.6. The van der Waals surface area contributed by atoms with Crippen molar-refractivity contribution in [1.82, 2.24) is 10.6 Å². The molecule has 0 unspecified atom stereocenters. The fraction of sp³-hybridized carbons (Fsp3) is 0.250. The lowest BCUT2D eigenvalue weighted by atomic mass is 10.1. The molecule has 1 aliphatic rings. The van der Waals surface area contributed by atoms with Crippen LogP contribution in [0.3, 0.4) is 0 Å². The highest BCUT2D eigenvalue weighted by Gasteiger charge is 2.23. The maximum absolute atomic E-state index is 12.5. The Hall–Kier alpha value is -3.12. The summed E-state index contributed by atoms with van der Waals surface area (Å²) in [6.07, 6.45) is 2.91. The van der Waals surface area contributed by atoms with Gasteiger partial charge in [0.2, 0.25) is 0 Å².